The van der Waals surface area contributed by atoms with Gasteiger partial charge in [0.1, 0.15) is 11.6 Å². The molecule has 0 aromatic carbocycles. The normalized spacial score (nSPS) is 25.0. The number of Topliss-reactive ketones (excluding diaryl/α,β-unsaturated/α-hetero) is 2. The Morgan fingerprint density at radius 3 is 2.21 bits per heavy atom. The van der Waals surface area contributed by atoms with Crippen molar-refractivity contribution in [2.45, 2.75) is 85.2 Å². The van der Waals surface area contributed by atoms with Crippen LogP contribution in [0, 0.1) is 17.8 Å². The van der Waals surface area contributed by atoms with Crippen LogP contribution in [0.25, 0.3) is 0 Å². The summed E-state index contributed by atoms with van der Waals surface area (Å²) in [5, 5.41) is 5.98. The van der Waals surface area contributed by atoms with Gasteiger partial charge >= 0.3 is 6.03 Å². The van der Waals surface area contributed by atoms with E-state index in [2.05, 4.69) is 10.6 Å². The fraction of sp³-hybridized carbons (Fsp3) is 0.842. The molecule has 5 nitrogen and oxygen atoms in total. The minimum Gasteiger partial charge on any atom is -0.333 e. The number of hydrogen-bond donors (Lipinski definition) is 2. The topological polar surface area (TPSA) is 75.3 Å². The van der Waals surface area contributed by atoms with Gasteiger partial charge in [-0.3, -0.25) is 9.59 Å². The first-order valence-electron chi connectivity index (χ1n) is 9.32. The summed E-state index contributed by atoms with van der Waals surface area (Å²) in [6, 6.07) is 0.669. The van der Waals surface area contributed by atoms with Gasteiger partial charge in [-0.2, -0.15) is 0 Å². The lowest BCUT2D eigenvalue weighted by molar-refractivity contribution is -0.122. The molecule has 2 fully saturated rings. The van der Waals surface area contributed by atoms with E-state index in [1.807, 2.05) is 27.7 Å². The SMILES string of the molecule is CC(=O)C(C)C.CC(C)C(=O)CCCC[C@@H]1CC[C@@H]2NC(=O)N[C@H]12. The molecule has 1 aliphatic heterocycles. The molecule has 0 radical (unpaired) electrons. The molecule has 2 amide bonds. The monoisotopic (exact) mass is 338 g/mol. The van der Waals surface area contributed by atoms with E-state index in [1.165, 1.54) is 6.42 Å². The van der Waals surface area contributed by atoms with Crippen LogP contribution in [0.5, 0.6) is 0 Å². The largest absolute Gasteiger partial charge is 0.333 e. The summed E-state index contributed by atoms with van der Waals surface area (Å²) in [6.45, 7) is 9.31. The van der Waals surface area contributed by atoms with Crippen LogP contribution in [0.1, 0.15) is 73.1 Å². The molecule has 5 heteroatoms. The highest BCUT2D eigenvalue weighted by Gasteiger charge is 2.41. The van der Waals surface area contributed by atoms with E-state index in [9.17, 15) is 14.4 Å². The number of nitrogens with one attached hydrogen (secondary N) is 2. The summed E-state index contributed by atoms with van der Waals surface area (Å²) in [6.07, 6.45) is 6.23. The second kappa shape index (κ2) is 9.80. The van der Waals surface area contributed by atoms with Gasteiger partial charge in [0.15, 0.2) is 0 Å². The maximum atomic E-state index is 11.5. The first kappa shape index (κ1) is 20.7. The molecule has 3 atom stereocenters. The van der Waals surface area contributed by atoms with E-state index in [0.29, 0.717) is 30.2 Å². The molecule has 0 bridgehead atoms. The molecular formula is C19H34N2O3. The molecule has 2 N–H and O–H groups in total. The second-order valence-electron chi connectivity index (χ2n) is 7.72. The molecule has 0 unspecified atom stereocenters. The average molecular weight is 338 g/mol. The van der Waals surface area contributed by atoms with E-state index >= 15 is 0 Å². The fourth-order valence-corrected chi connectivity index (χ4v) is 3.14. The van der Waals surface area contributed by atoms with E-state index in [-0.39, 0.29) is 23.7 Å². The lowest BCUT2D eigenvalue weighted by atomic mass is 9.94. The predicted molar refractivity (Wildman–Crippen MR) is 95.8 cm³/mol. The second-order valence-corrected chi connectivity index (χ2v) is 7.72. The smallest absolute Gasteiger partial charge is 0.315 e. The molecule has 0 aromatic heterocycles. The van der Waals surface area contributed by atoms with E-state index in [0.717, 1.165) is 25.7 Å². The standard InChI is InChI=1S/C14H24N2O2.C5H10O/c1-9(2)12(17)6-4-3-5-10-7-8-11-13(10)16-14(18)15-11;1-4(2)5(3)6/h9-11,13H,3-8H2,1-2H3,(H2,15,16,18);4H,1-3H3/t10-,11+,13-;/m1./s1. The fourth-order valence-electron chi connectivity index (χ4n) is 3.14. The molecule has 138 valence electrons. The zero-order valence-electron chi connectivity index (χ0n) is 15.9. The molecule has 2 rings (SSSR count). The zero-order valence-corrected chi connectivity index (χ0v) is 15.9. The number of unbranched alkanes of at least 4 members (excludes halogenated alkanes) is 1. The Morgan fingerprint density at radius 2 is 1.67 bits per heavy atom. The summed E-state index contributed by atoms with van der Waals surface area (Å²) >= 11 is 0. The Labute approximate surface area is 146 Å². The zero-order chi connectivity index (χ0) is 18.3. The van der Waals surface area contributed by atoms with Crippen molar-refractivity contribution in [1.82, 2.24) is 10.6 Å². The van der Waals surface area contributed by atoms with Crippen LogP contribution in [-0.2, 0) is 9.59 Å². The van der Waals surface area contributed by atoms with Crippen molar-refractivity contribution in [3.8, 4) is 0 Å². The lowest BCUT2D eigenvalue weighted by Gasteiger charge is -2.17. The van der Waals surface area contributed by atoms with E-state index < -0.39 is 0 Å². The van der Waals surface area contributed by atoms with Gasteiger partial charge in [0.05, 0.1) is 12.1 Å². The number of rotatable bonds is 7. The third kappa shape index (κ3) is 6.62. The summed E-state index contributed by atoms with van der Waals surface area (Å²) in [5.74, 6) is 1.61. The molecule has 0 aromatic rings. The first-order valence-corrected chi connectivity index (χ1v) is 9.32. The predicted octanol–water partition coefficient (Wildman–Crippen LogP) is 3.46. The number of amides is 2. The molecule has 2 aliphatic rings. The van der Waals surface area contributed by atoms with Crippen LogP contribution in [0.4, 0.5) is 4.79 Å². The Kier molecular flexibility index (Phi) is 8.43. The molecule has 1 saturated heterocycles. The number of fused-ring (bicyclic) bond motifs is 1. The van der Waals surface area contributed by atoms with Crippen molar-refractivity contribution in [3.63, 3.8) is 0 Å². The maximum absolute atomic E-state index is 11.5. The number of ketones is 2. The Hall–Kier alpha value is -1.39. The van der Waals surface area contributed by atoms with Gasteiger partial charge in [-0.15, -0.1) is 0 Å². The summed E-state index contributed by atoms with van der Waals surface area (Å²) < 4.78 is 0. The number of carbonyl (C=O) groups excluding carboxylic acids is 3. The molecule has 1 aliphatic carbocycles. The van der Waals surface area contributed by atoms with Crippen LogP contribution in [-0.4, -0.2) is 29.7 Å². The van der Waals surface area contributed by atoms with Gasteiger partial charge in [-0.25, -0.2) is 4.79 Å². The quantitative estimate of drug-likeness (QED) is 0.698. The molecule has 1 saturated carbocycles. The first-order chi connectivity index (χ1) is 11.2. The molecular weight excluding hydrogens is 304 g/mol. The van der Waals surface area contributed by atoms with Gasteiger partial charge in [0.25, 0.3) is 0 Å². The summed E-state index contributed by atoms with van der Waals surface area (Å²) in [4.78, 5) is 32.9. The highest BCUT2D eigenvalue weighted by molar-refractivity contribution is 5.80. The maximum Gasteiger partial charge on any atom is 0.315 e. The van der Waals surface area contributed by atoms with Gasteiger partial charge < -0.3 is 10.6 Å². The lowest BCUT2D eigenvalue weighted by Crippen LogP contribution is -2.33. The van der Waals surface area contributed by atoms with E-state index in [1.54, 1.807) is 6.92 Å². The van der Waals surface area contributed by atoms with Crippen LogP contribution >= 0.6 is 0 Å². The minimum atomic E-state index is -0.00955. The summed E-state index contributed by atoms with van der Waals surface area (Å²) in [5.41, 5.74) is 0. The molecule has 1 heterocycles. The van der Waals surface area contributed by atoms with Crippen molar-refractivity contribution in [2.24, 2.45) is 17.8 Å². The highest BCUT2D eigenvalue weighted by atomic mass is 16.2. The van der Waals surface area contributed by atoms with Crippen LogP contribution in [0.2, 0.25) is 0 Å². The van der Waals surface area contributed by atoms with Gasteiger partial charge in [0.2, 0.25) is 0 Å². The van der Waals surface area contributed by atoms with Crippen molar-refractivity contribution in [2.75, 3.05) is 0 Å². The summed E-state index contributed by atoms with van der Waals surface area (Å²) in [7, 11) is 0. The van der Waals surface area contributed by atoms with E-state index in [4.69, 9.17) is 0 Å². The van der Waals surface area contributed by atoms with Crippen LogP contribution in [0.15, 0.2) is 0 Å². The molecule has 0 spiro atoms. The van der Waals surface area contributed by atoms with Gasteiger partial charge in [0, 0.05) is 18.3 Å². The molecule has 24 heavy (non-hydrogen) atoms. The average Bonchev–Trinajstić information content (AvgIpc) is 3.03. The Morgan fingerprint density at radius 1 is 1.04 bits per heavy atom. The van der Waals surface area contributed by atoms with Gasteiger partial charge in [-0.1, -0.05) is 34.1 Å². The van der Waals surface area contributed by atoms with Crippen LogP contribution < -0.4 is 10.6 Å². The third-order valence-corrected chi connectivity index (χ3v) is 5.11. The minimum absolute atomic E-state index is 0.00955. The number of carbonyl (C=O) groups is 3. The van der Waals surface area contributed by atoms with Crippen molar-refractivity contribution in [3.05, 3.63) is 0 Å². The van der Waals surface area contributed by atoms with Gasteiger partial charge in [-0.05, 0) is 38.5 Å². The van der Waals surface area contributed by atoms with Crippen molar-refractivity contribution < 1.29 is 14.4 Å². The number of hydrogen-bond acceptors (Lipinski definition) is 3. The Bertz CT molecular complexity index is 446. The highest BCUT2D eigenvalue weighted by Crippen LogP contribution is 2.32. The Balaban J connectivity index is 0.000000413. The third-order valence-electron chi connectivity index (χ3n) is 5.11. The van der Waals surface area contributed by atoms with Crippen LogP contribution in [0.3, 0.4) is 0 Å². The number of urea groups is 1. The van der Waals surface area contributed by atoms with Crippen molar-refractivity contribution >= 4 is 17.6 Å². The van der Waals surface area contributed by atoms with Crippen molar-refractivity contribution in [1.29, 1.82) is 0 Å².